The summed E-state index contributed by atoms with van der Waals surface area (Å²) in [7, 11) is 0. The molecule has 0 aliphatic rings. The van der Waals surface area contributed by atoms with Gasteiger partial charge in [-0.05, 0) is 17.7 Å². The molecular formula is C15H11F3NO. The first-order valence-corrected chi connectivity index (χ1v) is 5.85. The number of hydrogen-bond donors (Lipinski definition) is 0. The van der Waals surface area contributed by atoms with E-state index in [0.717, 1.165) is 17.7 Å². The van der Waals surface area contributed by atoms with Crippen LogP contribution < -0.4 is 0 Å². The average Bonchev–Trinajstić information content (AvgIpc) is 2.44. The van der Waals surface area contributed by atoms with E-state index in [0.29, 0.717) is 5.56 Å². The molecule has 0 aliphatic carbocycles. The molecular weight excluding hydrogens is 267 g/mol. The van der Waals surface area contributed by atoms with E-state index in [4.69, 9.17) is 4.84 Å². The first kappa shape index (κ1) is 14.1. The Balaban J connectivity index is 1.89. The van der Waals surface area contributed by atoms with Crippen molar-refractivity contribution in [1.29, 1.82) is 0 Å². The van der Waals surface area contributed by atoms with Crippen LogP contribution in [0, 0.1) is 0 Å². The molecule has 0 unspecified atom stereocenters. The van der Waals surface area contributed by atoms with Crippen LogP contribution in [0.3, 0.4) is 0 Å². The van der Waals surface area contributed by atoms with Crippen molar-refractivity contribution in [1.82, 2.24) is 0 Å². The summed E-state index contributed by atoms with van der Waals surface area (Å²) in [5.74, 6) is 0. The number of halogens is 3. The molecule has 1 radical (unpaired) electrons. The van der Waals surface area contributed by atoms with Crippen molar-refractivity contribution in [3.63, 3.8) is 0 Å². The Morgan fingerprint density at radius 3 is 2.20 bits per heavy atom. The molecule has 0 N–H and O–H groups in total. The molecule has 2 rings (SSSR count). The Morgan fingerprint density at radius 1 is 0.950 bits per heavy atom. The Bertz CT molecular complexity index is 562. The quantitative estimate of drug-likeness (QED) is 0.608. The van der Waals surface area contributed by atoms with Gasteiger partial charge in [-0.2, -0.15) is 13.2 Å². The molecule has 2 nitrogen and oxygen atoms in total. The van der Waals surface area contributed by atoms with Gasteiger partial charge in [0.15, 0.2) is 0 Å². The van der Waals surface area contributed by atoms with Gasteiger partial charge in [-0.15, -0.1) is 0 Å². The van der Waals surface area contributed by atoms with Crippen LogP contribution in [0.4, 0.5) is 13.2 Å². The number of rotatable bonds is 4. The third-order valence-electron chi connectivity index (χ3n) is 2.53. The standard InChI is InChI=1S/C15H11F3NO/c16-15(17,18)14-8-6-12(7-9-14)10-19-20-11-13-4-2-1-3-5-13/h1-9H,11H2. The molecule has 0 saturated heterocycles. The van der Waals surface area contributed by atoms with Crippen molar-refractivity contribution in [2.24, 2.45) is 5.16 Å². The second-order valence-electron chi connectivity index (χ2n) is 4.04. The van der Waals surface area contributed by atoms with Gasteiger partial charge in [0, 0.05) is 5.56 Å². The minimum atomic E-state index is -4.33. The molecule has 0 saturated carbocycles. The monoisotopic (exact) mass is 278 g/mol. The molecule has 2 aromatic rings. The summed E-state index contributed by atoms with van der Waals surface area (Å²) in [5.41, 5.74) is 0.671. The molecule has 0 heterocycles. The Hall–Kier alpha value is -2.30. The summed E-state index contributed by atoms with van der Waals surface area (Å²) < 4.78 is 37.0. The van der Waals surface area contributed by atoms with Crippen molar-refractivity contribution in [3.05, 3.63) is 71.3 Å². The molecule has 0 aromatic heterocycles. The zero-order chi connectivity index (χ0) is 14.4. The molecule has 0 amide bonds. The highest BCUT2D eigenvalue weighted by Crippen LogP contribution is 2.28. The van der Waals surface area contributed by atoms with Crippen molar-refractivity contribution < 1.29 is 18.0 Å². The molecule has 0 spiro atoms. The number of benzene rings is 2. The van der Waals surface area contributed by atoms with E-state index in [1.807, 2.05) is 30.3 Å². The molecule has 103 valence electrons. The minimum Gasteiger partial charge on any atom is -0.390 e. The van der Waals surface area contributed by atoms with Crippen LogP contribution in [0.1, 0.15) is 16.7 Å². The van der Waals surface area contributed by atoms with E-state index < -0.39 is 11.7 Å². The summed E-state index contributed by atoms with van der Waals surface area (Å²) in [6.07, 6.45) is -1.80. The van der Waals surface area contributed by atoms with Gasteiger partial charge in [0.05, 0.1) is 5.56 Å². The van der Waals surface area contributed by atoms with Crippen molar-refractivity contribution >= 4 is 6.21 Å². The van der Waals surface area contributed by atoms with Crippen LogP contribution in [-0.2, 0) is 17.6 Å². The minimum absolute atomic E-state index is 0.286. The highest BCUT2D eigenvalue weighted by Gasteiger charge is 2.29. The van der Waals surface area contributed by atoms with Gasteiger partial charge in [-0.3, -0.25) is 0 Å². The predicted octanol–water partition coefficient (Wildman–Crippen LogP) is 4.13. The van der Waals surface area contributed by atoms with Gasteiger partial charge >= 0.3 is 6.18 Å². The Labute approximate surface area is 114 Å². The fraction of sp³-hybridized carbons (Fsp3) is 0.133. The van der Waals surface area contributed by atoms with Gasteiger partial charge in [0.25, 0.3) is 0 Å². The van der Waals surface area contributed by atoms with E-state index in [1.54, 1.807) is 0 Å². The molecule has 0 fully saturated rings. The van der Waals surface area contributed by atoms with Gasteiger partial charge in [0.1, 0.15) is 12.8 Å². The molecule has 2 aromatic carbocycles. The summed E-state index contributed by atoms with van der Waals surface area (Å²) in [6.45, 7) is 0.286. The fourth-order valence-corrected chi connectivity index (χ4v) is 1.50. The van der Waals surface area contributed by atoms with Gasteiger partial charge in [0.2, 0.25) is 0 Å². The Kier molecular flexibility index (Phi) is 4.40. The van der Waals surface area contributed by atoms with Crippen LogP contribution in [0.5, 0.6) is 0 Å². The summed E-state index contributed by atoms with van der Waals surface area (Å²) >= 11 is 0. The predicted molar refractivity (Wildman–Crippen MR) is 69.2 cm³/mol. The lowest BCUT2D eigenvalue weighted by atomic mass is 10.1. The zero-order valence-corrected chi connectivity index (χ0v) is 10.4. The van der Waals surface area contributed by atoms with E-state index in [-0.39, 0.29) is 6.61 Å². The van der Waals surface area contributed by atoms with E-state index in [2.05, 4.69) is 11.4 Å². The zero-order valence-electron chi connectivity index (χ0n) is 10.4. The van der Waals surface area contributed by atoms with Gasteiger partial charge < -0.3 is 4.84 Å². The van der Waals surface area contributed by atoms with Gasteiger partial charge in [-0.1, -0.05) is 47.6 Å². The lowest BCUT2D eigenvalue weighted by Crippen LogP contribution is -2.04. The first-order chi connectivity index (χ1) is 9.55. The molecule has 20 heavy (non-hydrogen) atoms. The summed E-state index contributed by atoms with van der Waals surface area (Å²) in [6, 6.07) is 14.0. The van der Waals surface area contributed by atoms with Gasteiger partial charge in [-0.25, -0.2) is 0 Å². The maximum Gasteiger partial charge on any atom is 0.416 e. The van der Waals surface area contributed by atoms with Crippen LogP contribution >= 0.6 is 0 Å². The van der Waals surface area contributed by atoms with E-state index in [9.17, 15) is 13.2 Å². The smallest absolute Gasteiger partial charge is 0.390 e. The second-order valence-corrected chi connectivity index (χ2v) is 4.04. The first-order valence-electron chi connectivity index (χ1n) is 5.85. The SMILES string of the molecule is FC(F)(F)c1ccc(/[C]=N\OCc2ccccc2)cc1. The molecule has 0 atom stereocenters. The van der Waals surface area contributed by atoms with Crippen molar-refractivity contribution in [2.45, 2.75) is 12.8 Å². The maximum atomic E-state index is 12.3. The van der Waals surface area contributed by atoms with Crippen LogP contribution in [-0.4, -0.2) is 6.21 Å². The van der Waals surface area contributed by atoms with E-state index in [1.165, 1.54) is 12.1 Å². The largest absolute Gasteiger partial charge is 0.416 e. The topological polar surface area (TPSA) is 21.6 Å². The van der Waals surface area contributed by atoms with Crippen molar-refractivity contribution in [3.8, 4) is 0 Å². The fourth-order valence-electron chi connectivity index (χ4n) is 1.50. The summed E-state index contributed by atoms with van der Waals surface area (Å²) in [5, 5.41) is 3.60. The van der Waals surface area contributed by atoms with E-state index >= 15 is 0 Å². The summed E-state index contributed by atoms with van der Waals surface area (Å²) in [4.78, 5) is 5.01. The molecule has 0 aliphatic heterocycles. The number of hydrogen-bond acceptors (Lipinski definition) is 2. The van der Waals surface area contributed by atoms with Crippen LogP contribution in [0.2, 0.25) is 0 Å². The molecule has 0 bridgehead atoms. The van der Waals surface area contributed by atoms with Crippen LogP contribution in [0.15, 0.2) is 59.8 Å². The Morgan fingerprint density at radius 2 is 1.60 bits per heavy atom. The number of nitrogens with zero attached hydrogens (tertiary/aromatic N) is 1. The normalized spacial score (nSPS) is 11.8. The second kappa shape index (κ2) is 6.23. The highest BCUT2D eigenvalue weighted by atomic mass is 19.4. The van der Waals surface area contributed by atoms with Crippen LogP contribution in [0.25, 0.3) is 0 Å². The third kappa shape index (κ3) is 4.12. The maximum absolute atomic E-state index is 12.3. The average molecular weight is 278 g/mol. The molecule has 5 heteroatoms. The number of alkyl halides is 3. The lowest BCUT2D eigenvalue weighted by molar-refractivity contribution is -0.137. The lowest BCUT2D eigenvalue weighted by Gasteiger charge is -2.05. The van der Waals surface area contributed by atoms with Crippen molar-refractivity contribution in [2.75, 3.05) is 0 Å². The third-order valence-corrected chi connectivity index (χ3v) is 2.53. The highest BCUT2D eigenvalue weighted by molar-refractivity contribution is 5.79.